The van der Waals surface area contributed by atoms with E-state index >= 15 is 0 Å². The van der Waals surface area contributed by atoms with E-state index in [1.807, 2.05) is 20.8 Å². The van der Waals surface area contributed by atoms with Gasteiger partial charge in [0.1, 0.15) is 6.04 Å². The second-order valence-corrected chi connectivity index (χ2v) is 11.9. The molecule has 1 atom stereocenters. The highest BCUT2D eigenvalue weighted by atomic mass is 35.5. The van der Waals surface area contributed by atoms with Crippen molar-refractivity contribution in [3.8, 4) is 0 Å². The number of sulfonamides is 1. The first kappa shape index (κ1) is 30.1. The van der Waals surface area contributed by atoms with Gasteiger partial charge in [0.05, 0.1) is 4.90 Å². The molecule has 1 unspecified atom stereocenters. The van der Waals surface area contributed by atoms with Crippen LogP contribution in [-0.2, 0) is 26.2 Å². The molecule has 2 rings (SSSR count). The van der Waals surface area contributed by atoms with E-state index in [1.54, 1.807) is 36.4 Å². The maximum Gasteiger partial charge on any atom is 0.242 e. The van der Waals surface area contributed by atoms with Gasteiger partial charge < -0.3 is 10.2 Å². The first-order chi connectivity index (χ1) is 17.0. The number of benzene rings is 2. The molecule has 0 radical (unpaired) electrons. The van der Waals surface area contributed by atoms with Crippen molar-refractivity contribution in [2.45, 2.75) is 57.5 Å². The van der Waals surface area contributed by atoms with Gasteiger partial charge in [-0.15, -0.1) is 0 Å². The van der Waals surface area contributed by atoms with Crippen molar-refractivity contribution >= 4 is 45.0 Å². The maximum atomic E-state index is 13.4. The lowest BCUT2D eigenvalue weighted by atomic mass is 10.1. The molecule has 10 heteroatoms. The zero-order valence-corrected chi connectivity index (χ0v) is 23.5. The molecule has 2 aromatic rings. The highest BCUT2D eigenvalue weighted by Gasteiger charge is 2.30. The molecular weight excluding hydrogens is 521 g/mol. The fourth-order valence-corrected chi connectivity index (χ4v) is 5.43. The summed E-state index contributed by atoms with van der Waals surface area (Å²) in [4.78, 5) is 28.1. The molecule has 0 aliphatic rings. The Kier molecular flexibility index (Phi) is 11.7. The highest BCUT2D eigenvalue weighted by Crippen LogP contribution is 2.27. The van der Waals surface area contributed by atoms with Crippen LogP contribution in [0.15, 0.2) is 53.4 Å². The summed E-state index contributed by atoms with van der Waals surface area (Å²) in [7, 11) is -2.17. The minimum Gasteiger partial charge on any atom is -0.354 e. The Balaban J connectivity index is 2.18. The average Bonchev–Trinajstić information content (AvgIpc) is 2.84. The molecule has 2 aromatic carbocycles. The monoisotopic (exact) mass is 555 g/mol. The van der Waals surface area contributed by atoms with Crippen LogP contribution < -0.4 is 5.32 Å². The van der Waals surface area contributed by atoms with Gasteiger partial charge in [0.2, 0.25) is 21.8 Å². The molecule has 7 nitrogen and oxygen atoms in total. The lowest BCUT2D eigenvalue weighted by Crippen LogP contribution is -2.49. The second kappa shape index (κ2) is 14.0. The Morgan fingerprint density at radius 2 is 1.61 bits per heavy atom. The third-order valence-corrected chi connectivity index (χ3v) is 8.35. The number of carbonyl (C=O) groups excluding carboxylic acids is 2. The Hall–Kier alpha value is -2.13. The van der Waals surface area contributed by atoms with E-state index in [0.717, 1.165) is 0 Å². The van der Waals surface area contributed by atoms with Crippen molar-refractivity contribution in [1.29, 1.82) is 0 Å². The van der Waals surface area contributed by atoms with Crippen molar-refractivity contribution in [2.75, 3.05) is 20.1 Å². The molecule has 2 amide bonds. The van der Waals surface area contributed by atoms with Crippen LogP contribution in [0.4, 0.5) is 0 Å². The predicted octanol–water partition coefficient (Wildman–Crippen LogP) is 4.97. The Labute approximate surface area is 224 Å². The SMILES string of the molecule is CCC(C(=O)NCC(C)C)N(Cc1c(Cl)cccc1Cl)C(=O)CCCN(C)S(=O)(=O)c1ccccc1. The third-order valence-electron chi connectivity index (χ3n) is 5.78. The molecule has 0 aliphatic carbocycles. The second-order valence-electron chi connectivity index (χ2n) is 9.03. The van der Waals surface area contributed by atoms with E-state index in [-0.39, 0.29) is 48.6 Å². The molecule has 198 valence electrons. The summed E-state index contributed by atoms with van der Waals surface area (Å²) >= 11 is 12.7. The van der Waals surface area contributed by atoms with Crippen LogP contribution in [0, 0.1) is 5.92 Å². The molecule has 0 heterocycles. The van der Waals surface area contributed by atoms with E-state index in [1.165, 1.54) is 28.4 Å². The van der Waals surface area contributed by atoms with Crippen LogP contribution in [0.1, 0.15) is 45.6 Å². The quantitative estimate of drug-likeness (QED) is 0.377. The van der Waals surface area contributed by atoms with E-state index in [4.69, 9.17) is 23.2 Å². The Morgan fingerprint density at radius 1 is 1.00 bits per heavy atom. The molecule has 36 heavy (non-hydrogen) atoms. The largest absolute Gasteiger partial charge is 0.354 e. The number of halogens is 2. The minimum atomic E-state index is -3.66. The standard InChI is InChI=1S/C26H35Cl2N3O4S/c1-5-24(26(33)29-17-19(2)3)31(18-21-22(27)13-9-14-23(21)28)25(32)15-10-16-30(4)36(34,35)20-11-7-6-8-12-20/h6-9,11-14,19,24H,5,10,15-18H2,1-4H3,(H,29,33). The number of hydrogen-bond donors (Lipinski definition) is 1. The molecule has 0 aromatic heterocycles. The van der Waals surface area contributed by atoms with Gasteiger partial charge >= 0.3 is 0 Å². The molecule has 1 N–H and O–H groups in total. The number of carbonyl (C=O) groups is 2. The van der Waals surface area contributed by atoms with Gasteiger partial charge in [-0.2, -0.15) is 0 Å². The number of nitrogens with zero attached hydrogens (tertiary/aromatic N) is 2. The highest BCUT2D eigenvalue weighted by molar-refractivity contribution is 7.89. The van der Waals surface area contributed by atoms with Crippen molar-refractivity contribution in [2.24, 2.45) is 5.92 Å². The molecule has 0 saturated heterocycles. The lowest BCUT2D eigenvalue weighted by Gasteiger charge is -2.31. The van der Waals surface area contributed by atoms with E-state index in [9.17, 15) is 18.0 Å². The van der Waals surface area contributed by atoms with Crippen LogP contribution in [0.5, 0.6) is 0 Å². The Morgan fingerprint density at radius 3 is 2.17 bits per heavy atom. The average molecular weight is 557 g/mol. The Bertz CT molecular complexity index is 1110. The van der Waals surface area contributed by atoms with E-state index in [0.29, 0.717) is 28.6 Å². The normalized spacial score (nSPS) is 12.6. The van der Waals surface area contributed by atoms with Crippen LogP contribution in [0.25, 0.3) is 0 Å². The summed E-state index contributed by atoms with van der Waals surface area (Å²) < 4.78 is 26.8. The number of nitrogens with one attached hydrogen (secondary N) is 1. The molecule has 0 bridgehead atoms. The summed E-state index contributed by atoms with van der Waals surface area (Å²) in [5.41, 5.74) is 0.563. The number of hydrogen-bond acceptors (Lipinski definition) is 4. The van der Waals surface area contributed by atoms with Gasteiger partial charge in [-0.1, -0.05) is 68.2 Å². The van der Waals surface area contributed by atoms with Crippen LogP contribution >= 0.6 is 23.2 Å². The third kappa shape index (κ3) is 8.20. The summed E-state index contributed by atoms with van der Waals surface area (Å²) in [6.07, 6.45) is 0.753. The van der Waals surface area contributed by atoms with Gasteiger partial charge in [0, 0.05) is 48.7 Å². The zero-order valence-electron chi connectivity index (χ0n) is 21.2. The van der Waals surface area contributed by atoms with Gasteiger partial charge in [-0.25, -0.2) is 12.7 Å². The summed E-state index contributed by atoms with van der Waals surface area (Å²) in [6, 6.07) is 12.5. The van der Waals surface area contributed by atoms with Gasteiger partial charge in [-0.05, 0) is 43.0 Å². The molecule has 0 spiro atoms. The predicted molar refractivity (Wildman–Crippen MR) is 144 cm³/mol. The van der Waals surface area contributed by atoms with Crippen LogP contribution in [0.2, 0.25) is 10.0 Å². The molecule has 0 fully saturated rings. The van der Waals surface area contributed by atoms with Crippen LogP contribution in [-0.4, -0.2) is 55.6 Å². The lowest BCUT2D eigenvalue weighted by molar-refractivity contribution is -0.141. The topological polar surface area (TPSA) is 86.8 Å². The van der Waals surface area contributed by atoms with Crippen molar-refractivity contribution in [3.05, 3.63) is 64.1 Å². The molecular formula is C26H35Cl2N3O4S. The molecule has 0 saturated carbocycles. The van der Waals surface area contributed by atoms with Gasteiger partial charge in [-0.3, -0.25) is 9.59 Å². The fourth-order valence-electron chi connectivity index (χ4n) is 3.68. The van der Waals surface area contributed by atoms with E-state index in [2.05, 4.69) is 5.32 Å². The van der Waals surface area contributed by atoms with Crippen molar-refractivity contribution < 1.29 is 18.0 Å². The van der Waals surface area contributed by atoms with Gasteiger partial charge in [0.25, 0.3) is 0 Å². The summed E-state index contributed by atoms with van der Waals surface area (Å²) in [5, 5.41) is 3.73. The number of rotatable bonds is 13. The summed E-state index contributed by atoms with van der Waals surface area (Å²) in [6.45, 7) is 6.55. The van der Waals surface area contributed by atoms with Crippen LogP contribution in [0.3, 0.4) is 0 Å². The zero-order chi connectivity index (χ0) is 26.9. The maximum absolute atomic E-state index is 13.4. The molecule has 0 aliphatic heterocycles. The van der Waals surface area contributed by atoms with Crippen molar-refractivity contribution in [1.82, 2.24) is 14.5 Å². The first-order valence-corrected chi connectivity index (χ1v) is 14.2. The first-order valence-electron chi connectivity index (χ1n) is 12.0. The summed E-state index contributed by atoms with van der Waals surface area (Å²) in [5.74, 6) is -0.259. The van der Waals surface area contributed by atoms with Gasteiger partial charge in [0.15, 0.2) is 0 Å². The smallest absolute Gasteiger partial charge is 0.242 e. The number of amides is 2. The minimum absolute atomic E-state index is 0.0602. The fraction of sp³-hybridized carbons (Fsp3) is 0.462. The van der Waals surface area contributed by atoms with Crippen molar-refractivity contribution in [3.63, 3.8) is 0 Å². The van der Waals surface area contributed by atoms with E-state index < -0.39 is 16.1 Å².